The van der Waals surface area contributed by atoms with Gasteiger partial charge in [-0.2, -0.15) is 13.2 Å². The van der Waals surface area contributed by atoms with E-state index in [0.29, 0.717) is 5.82 Å². The normalized spacial score (nSPS) is 17.1. The highest BCUT2D eigenvalue weighted by Crippen LogP contribution is 2.29. The molecule has 0 amide bonds. The van der Waals surface area contributed by atoms with E-state index in [9.17, 15) is 13.2 Å². The Kier molecular flexibility index (Phi) is 2.54. The molecular formula is C10H11F3N2. The van der Waals surface area contributed by atoms with Crippen molar-refractivity contribution in [2.24, 2.45) is 0 Å². The van der Waals surface area contributed by atoms with E-state index < -0.39 is 11.7 Å². The molecule has 2 rings (SSSR count). The number of aromatic nitrogens is 1. The second-order valence-electron chi connectivity index (χ2n) is 3.60. The molecule has 82 valence electrons. The fourth-order valence-electron chi connectivity index (χ4n) is 1.69. The van der Waals surface area contributed by atoms with E-state index in [-0.39, 0.29) is 0 Å². The summed E-state index contributed by atoms with van der Waals surface area (Å²) in [6.45, 7) is 1.77. The molecule has 0 aromatic carbocycles. The SMILES string of the molecule is FC(F)(F)c1ccc(N2CCCC2)nc1. The van der Waals surface area contributed by atoms with Crippen LogP contribution in [0.25, 0.3) is 0 Å². The Morgan fingerprint density at radius 1 is 1.13 bits per heavy atom. The van der Waals surface area contributed by atoms with Crippen LogP contribution < -0.4 is 4.90 Å². The number of anilines is 1. The number of nitrogens with zero attached hydrogens (tertiary/aromatic N) is 2. The largest absolute Gasteiger partial charge is 0.417 e. The first-order chi connectivity index (χ1) is 7.07. The maximum absolute atomic E-state index is 12.2. The van der Waals surface area contributed by atoms with Crippen LogP contribution in [0, 0.1) is 0 Å². The summed E-state index contributed by atoms with van der Waals surface area (Å²) >= 11 is 0. The molecule has 0 N–H and O–H groups in total. The second kappa shape index (κ2) is 3.72. The number of alkyl halides is 3. The molecule has 0 spiro atoms. The van der Waals surface area contributed by atoms with Gasteiger partial charge in [0, 0.05) is 19.3 Å². The van der Waals surface area contributed by atoms with Crippen LogP contribution >= 0.6 is 0 Å². The van der Waals surface area contributed by atoms with Crippen molar-refractivity contribution in [3.05, 3.63) is 23.9 Å². The Morgan fingerprint density at radius 2 is 1.80 bits per heavy atom. The van der Waals surface area contributed by atoms with Crippen LogP contribution in [0.2, 0.25) is 0 Å². The number of rotatable bonds is 1. The van der Waals surface area contributed by atoms with Crippen LogP contribution in [-0.4, -0.2) is 18.1 Å². The molecule has 1 aromatic heterocycles. The molecule has 1 aliphatic rings. The third kappa shape index (κ3) is 2.22. The molecule has 2 heterocycles. The highest BCUT2D eigenvalue weighted by Gasteiger charge is 2.30. The topological polar surface area (TPSA) is 16.1 Å². The molecular weight excluding hydrogens is 205 g/mol. The Balaban J connectivity index is 2.16. The third-order valence-electron chi connectivity index (χ3n) is 2.51. The molecule has 0 bridgehead atoms. The summed E-state index contributed by atoms with van der Waals surface area (Å²) in [5, 5.41) is 0. The molecule has 0 unspecified atom stereocenters. The minimum absolute atomic E-state index is 0.639. The zero-order valence-corrected chi connectivity index (χ0v) is 8.09. The van der Waals surface area contributed by atoms with Crippen LogP contribution in [-0.2, 0) is 6.18 Å². The van der Waals surface area contributed by atoms with Gasteiger partial charge in [-0.15, -0.1) is 0 Å². The van der Waals surface area contributed by atoms with Gasteiger partial charge in [0.2, 0.25) is 0 Å². The highest BCUT2D eigenvalue weighted by atomic mass is 19.4. The predicted molar refractivity (Wildman–Crippen MR) is 50.7 cm³/mol. The van der Waals surface area contributed by atoms with Gasteiger partial charge in [0.25, 0.3) is 0 Å². The molecule has 15 heavy (non-hydrogen) atoms. The predicted octanol–water partition coefficient (Wildman–Crippen LogP) is 2.70. The van der Waals surface area contributed by atoms with Crippen LogP contribution in [0.15, 0.2) is 18.3 Å². The average Bonchev–Trinajstić information content (AvgIpc) is 2.69. The van der Waals surface area contributed by atoms with E-state index in [1.54, 1.807) is 0 Å². The van der Waals surface area contributed by atoms with E-state index >= 15 is 0 Å². The van der Waals surface area contributed by atoms with Crippen LogP contribution in [0.1, 0.15) is 18.4 Å². The van der Waals surface area contributed by atoms with E-state index in [0.717, 1.165) is 38.2 Å². The maximum atomic E-state index is 12.2. The van der Waals surface area contributed by atoms with Gasteiger partial charge in [-0.1, -0.05) is 0 Å². The molecule has 2 nitrogen and oxygen atoms in total. The van der Waals surface area contributed by atoms with Crippen LogP contribution in [0.3, 0.4) is 0 Å². The molecule has 0 aliphatic carbocycles. The lowest BCUT2D eigenvalue weighted by Gasteiger charge is -2.16. The smallest absolute Gasteiger partial charge is 0.357 e. The van der Waals surface area contributed by atoms with Gasteiger partial charge in [-0.05, 0) is 25.0 Å². The van der Waals surface area contributed by atoms with Gasteiger partial charge in [0.15, 0.2) is 0 Å². The Labute approximate surface area is 85.7 Å². The van der Waals surface area contributed by atoms with Gasteiger partial charge in [-0.3, -0.25) is 0 Å². The van der Waals surface area contributed by atoms with E-state index in [4.69, 9.17) is 0 Å². The summed E-state index contributed by atoms with van der Waals surface area (Å²) in [6.07, 6.45) is -1.23. The van der Waals surface area contributed by atoms with E-state index in [2.05, 4.69) is 4.98 Å². The van der Waals surface area contributed by atoms with Gasteiger partial charge >= 0.3 is 6.18 Å². The minimum atomic E-state index is -4.30. The number of hydrogen-bond donors (Lipinski definition) is 0. The summed E-state index contributed by atoms with van der Waals surface area (Å²) in [7, 11) is 0. The fraction of sp³-hybridized carbons (Fsp3) is 0.500. The molecule has 1 fully saturated rings. The summed E-state index contributed by atoms with van der Waals surface area (Å²) in [6, 6.07) is 2.52. The third-order valence-corrected chi connectivity index (χ3v) is 2.51. The van der Waals surface area contributed by atoms with Crippen LogP contribution in [0.5, 0.6) is 0 Å². The van der Waals surface area contributed by atoms with Crippen LogP contribution in [0.4, 0.5) is 19.0 Å². The minimum Gasteiger partial charge on any atom is -0.357 e. The Hall–Kier alpha value is -1.26. The van der Waals surface area contributed by atoms with Crippen molar-refractivity contribution in [3.8, 4) is 0 Å². The van der Waals surface area contributed by atoms with Gasteiger partial charge in [-0.25, -0.2) is 4.98 Å². The van der Waals surface area contributed by atoms with Crippen molar-refractivity contribution in [1.29, 1.82) is 0 Å². The monoisotopic (exact) mass is 216 g/mol. The van der Waals surface area contributed by atoms with Crippen molar-refractivity contribution in [3.63, 3.8) is 0 Å². The Morgan fingerprint density at radius 3 is 2.27 bits per heavy atom. The molecule has 0 radical (unpaired) electrons. The average molecular weight is 216 g/mol. The summed E-state index contributed by atoms with van der Waals surface area (Å²) in [4.78, 5) is 5.83. The number of pyridine rings is 1. The number of halogens is 3. The standard InChI is InChI=1S/C10H11F3N2/c11-10(12,13)8-3-4-9(14-7-8)15-5-1-2-6-15/h3-4,7H,1-2,5-6H2. The molecule has 1 saturated heterocycles. The first-order valence-corrected chi connectivity index (χ1v) is 4.85. The lowest BCUT2D eigenvalue weighted by Crippen LogP contribution is -2.19. The molecule has 5 heteroatoms. The first-order valence-electron chi connectivity index (χ1n) is 4.85. The quantitative estimate of drug-likeness (QED) is 0.717. The van der Waals surface area contributed by atoms with E-state index in [1.807, 2.05) is 4.90 Å². The van der Waals surface area contributed by atoms with Gasteiger partial charge in [0.1, 0.15) is 5.82 Å². The molecule has 1 aliphatic heterocycles. The molecule has 1 aromatic rings. The lowest BCUT2D eigenvalue weighted by molar-refractivity contribution is -0.137. The van der Waals surface area contributed by atoms with Crippen molar-refractivity contribution in [2.75, 3.05) is 18.0 Å². The highest BCUT2D eigenvalue weighted by molar-refractivity contribution is 5.40. The van der Waals surface area contributed by atoms with Crippen molar-refractivity contribution < 1.29 is 13.2 Å². The molecule has 0 saturated carbocycles. The summed E-state index contributed by atoms with van der Waals surface area (Å²) < 4.78 is 36.7. The van der Waals surface area contributed by atoms with Crippen molar-refractivity contribution in [2.45, 2.75) is 19.0 Å². The first kappa shape index (κ1) is 10.3. The zero-order valence-electron chi connectivity index (χ0n) is 8.09. The van der Waals surface area contributed by atoms with Crippen molar-refractivity contribution in [1.82, 2.24) is 4.98 Å². The molecule has 0 atom stereocenters. The van der Waals surface area contributed by atoms with E-state index in [1.165, 1.54) is 6.07 Å². The number of hydrogen-bond acceptors (Lipinski definition) is 2. The van der Waals surface area contributed by atoms with Gasteiger partial charge < -0.3 is 4.90 Å². The fourth-order valence-corrected chi connectivity index (χ4v) is 1.69. The second-order valence-corrected chi connectivity index (χ2v) is 3.60. The maximum Gasteiger partial charge on any atom is 0.417 e. The Bertz CT molecular complexity index is 326. The zero-order chi connectivity index (χ0) is 10.9. The van der Waals surface area contributed by atoms with Crippen molar-refractivity contribution >= 4 is 5.82 Å². The summed E-state index contributed by atoms with van der Waals surface area (Å²) in [5.74, 6) is 0.639. The summed E-state index contributed by atoms with van der Waals surface area (Å²) in [5.41, 5.74) is -0.689. The van der Waals surface area contributed by atoms with Gasteiger partial charge in [0.05, 0.1) is 5.56 Å². The lowest BCUT2D eigenvalue weighted by atomic mass is 10.3.